The number of hydrogen-bond donors (Lipinski definition) is 0. The molecule has 0 saturated heterocycles. The van der Waals surface area contributed by atoms with Gasteiger partial charge >= 0.3 is 0 Å². The van der Waals surface area contributed by atoms with Crippen molar-refractivity contribution in [2.45, 2.75) is 6.92 Å². The molecule has 0 atom stereocenters. The van der Waals surface area contributed by atoms with Gasteiger partial charge in [-0.15, -0.1) is 0 Å². The Balaban J connectivity index is 0. The first kappa shape index (κ1) is 8.89. The first-order chi connectivity index (χ1) is 1.73. The molecule has 0 saturated carbocycles. The van der Waals surface area contributed by atoms with Crippen molar-refractivity contribution < 1.29 is 27.0 Å². The van der Waals surface area contributed by atoms with Crippen molar-refractivity contribution in [3.63, 3.8) is 0 Å². The minimum absolute atomic E-state index is 0. The van der Waals surface area contributed by atoms with Crippen LogP contribution in [0.5, 0.6) is 0 Å². The molecule has 0 fully saturated rings. The van der Waals surface area contributed by atoms with Gasteiger partial charge in [-0.2, -0.15) is 0 Å². The molecule has 0 heterocycles. The van der Waals surface area contributed by atoms with E-state index >= 15 is 0 Å². The minimum Gasteiger partial charge on any atom is -1.00 e. The molecule has 0 rings (SSSR count). The quantitative estimate of drug-likeness (QED) is 0.377. The number of aliphatic carboxylic acids is 1. The van der Waals surface area contributed by atoms with E-state index in [0.717, 1.165) is 6.92 Å². The summed E-state index contributed by atoms with van der Waals surface area (Å²) in [5.41, 5.74) is 0. The minimum atomic E-state index is -1.08. The fourth-order valence-corrected chi connectivity index (χ4v) is 0. The number of carboxylic acid groups (broad SMARTS) is 1. The van der Waals surface area contributed by atoms with Crippen LogP contribution >= 0.6 is 0 Å². The second kappa shape index (κ2) is 3.99. The van der Waals surface area contributed by atoms with Crippen LogP contribution in [0.15, 0.2) is 0 Å². The molecule has 0 unspecified atom stereocenters. The van der Waals surface area contributed by atoms with E-state index in [-0.39, 0.29) is 17.1 Å². The Morgan fingerprint density at radius 3 is 1.80 bits per heavy atom. The van der Waals surface area contributed by atoms with Gasteiger partial charge in [-0.25, -0.2) is 0 Å². The van der Waals surface area contributed by atoms with Gasteiger partial charge in [0.15, 0.2) is 0 Å². The Labute approximate surface area is 40.7 Å². The zero-order valence-corrected chi connectivity index (χ0v) is 3.56. The predicted molar refractivity (Wildman–Crippen MR) is 10.7 cm³/mol. The summed E-state index contributed by atoms with van der Waals surface area (Å²) in [5.74, 6) is -1.08. The van der Waals surface area contributed by atoms with Crippen LogP contribution in [0, 0.1) is 0 Å². The van der Waals surface area contributed by atoms with Gasteiger partial charge in [-0.05, 0) is 6.92 Å². The van der Waals surface area contributed by atoms with Crippen molar-refractivity contribution in [1.82, 2.24) is 0 Å². The van der Waals surface area contributed by atoms with Crippen LogP contribution in [-0.4, -0.2) is 5.97 Å². The molecule has 0 radical (unpaired) electrons. The average molecular weight is 123 g/mol. The van der Waals surface area contributed by atoms with Crippen molar-refractivity contribution in [2.24, 2.45) is 0 Å². The molecular weight excluding hydrogens is 120 g/mol. The molecule has 0 aromatic rings. The maximum Gasteiger partial charge on any atom is 0.0383 e. The van der Waals surface area contributed by atoms with Gasteiger partial charge in [0.2, 0.25) is 0 Å². The van der Waals surface area contributed by atoms with E-state index in [0.29, 0.717) is 0 Å². The standard InChI is InChI=1S/C2H4O2.Cu/c1-2(3)4;/h1H3,(H,3,4);/q;-1/p-1. The summed E-state index contributed by atoms with van der Waals surface area (Å²) in [6.45, 7) is 0.972. The van der Waals surface area contributed by atoms with Crippen LogP contribution in [0.4, 0.5) is 0 Å². The summed E-state index contributed by atoms with van der Waals surface area (Å²) in [6.07, 6.45) is 0. The van der Waals surface area contributed by atoms with Gasteiger partial charge in [-0.3, -0.25) is 0 Å². The third-order valence-corrected chi connectivity index (χ3v) is 0. The summed E-state index contributed by atoms with van der Waals surface area (Å²) in [5, 5.41) is 8.89. The molecule has 3 heteroatoms. The van der Waals surface area contributed by atoms with Crippen LogP contribution in [-0.2, 0) is 21.9 Å². The Morgan fingerprint density at radius 1 is 1.80 bits per heavy atom. The molecule has 36 valence electrons. The molecule has 0 aliphatic heterocycles. The zero-order valence-electron chi connectivity index (χ0n) is 2.62. The fraction of sp³-hybridized carbons (Fsp3) is 0.500. The molecule has 0 bridgehead atoms. The number of carbonyl (C=O) groups excluding carboxylic acids is 1. The summed E-state index contributed by atoms with van der Waals surface area (Å²) in [6, 6.07) is 0. The molecule has 0 aromatic carbocycles. The number of hydrogen-bond acceptors (Lipinski definition) is 2. The fourth-order valence-electron chi connectivity index (χ4n) is 0. The second-order valence-electron chi connectivity index (χ2n) is 0.492. The average Bonchev–Trinajstić information content (AvgIpc) is 0.811. The molecule has 0 aromatic heterocycles. The van der Waals surface area contributed by atoms with Crippen molar-refractivity contribution >= 4 is 5.97 Å². The number of rotatable bonds is 0. The molecule has 0 spiro atoms. The maximum absolute atomic E-state index is 8.89. The van der Waals surface area contributed by atoms with E-state index in [1.54, 1.807) is 0 Å². The summed E-state index contributed by atoms with van der Waals surface area (Å²) in [4.78, 5) is 8.89. The van der Waals surface area contributed by atoms with Gasteiger partial charge in [0, 0.05) is 5.97 Å². The zero-order chi connectivity index (χ0) is 3.58. The van der Waals surface area contributed by atoms with Crippen LogP contribution in [0.1, 0.15) is 6.92 Å². The van der Waals surface area contributed by atoms with Gasteiger partial charge in [0.25, 0.3) is 0 Å². The largest absolute Gasteiger partial charge is 1.00 e. The summed E-state index contributed by atoms with van der Waals surface area (Å²) >= 11 is 0. The third-order valence-electron chi connectivity index (χ3n) is 0. The third kappa shape index (κ3) is 143000. The molecule has 2 nitrogen and oxygen atoms in total. The van der Waals surface area contributed by atoms with Crippen molar-refractivity contribution in [3.8, 4) is 0 Å². The summed E-state index contributed by atoms with van der Waals surface area (Å²) < 4.78 is 0. The topological polar surface area (TPSA) is 40.1 Å². The predicted octanol–water partition coefficient (Wildman–Crippen LogP) is -1.25. The first-order valence-electron chi connectivity index (χ1n) is 0.908. The van der Waals surface area contributed by atoms with E-state index in [1.807, 2.05) is 0 Å². The van der Waals surface area contributed by atoms with Crippen LogP contribution in [0.2, 0.25) is 0 Å². The van der Waals surface area contributed by atoms with Crippen LogP contribution in [0.3, 0.4) is 0 Å². The van der Waals surface area contributed by atoms with Gasteiger partial charge < -0.3 is 27.0 Å². The van der Waals surface area contributed by atoms with Crippen LogP contribution in [0.25, 0.3) is 0 Å². The Morgan fingerprint density at radius 2 is 1.80 bits per heavy atom. The SMILES string of the molecule is CC(=O)[O-].[Cu-]. The van der Waals surface area contributed by atoms with E-state index in [9.17, 15) is 0 Å². The Kier molecular flexibility index (Phi) is 7.09. The van der Waals surface area contributed by atoms with Gasteiger partial charge in [-0.1, -0.05) is 0 Å². The molecule has 0 amide bonds. The molecule has 0 aliphatic rings. The van der Waals surface area contributed by atoms with E-state index < -0.39 is 5.97 Å². The first-order valence-corrected chi connectivity index (χ1v) is 0.908. The van der Waals surface area contributed by atoms with Crippen molar-refractivity contribution in [3.05, 3.63) is 0 Å². The van der Waals surface area contributed by atoms with E-state index in [2.05, 4.69) is 0 Å². The molecule has 0 aliphatic carbocycles. The maximum atomic E-state index is 8.89. The normalized spacial score (nSPS) is 5.00. The monoisotopic (exact) mass is 122 g/mol. The van der Waals surface area contributed by atoms with E-state index in [1.165, 1.54) is 0 Å². The molecule has 5 heavy (non-hydrogen) atoms. The van der Waals surface area contributed by atoms with Crippen LogP contribution < -0.4 is 5.11 Å². The van der Waals surface area contributed by atoms with Gasteiger partial charge in [0.1, 0.15) is 0 Å². The molecular formula is C2H3CuO2-2. The smallest absolute Gasteiger partial charge is 0.0383 e. The van der Waals surface area contributed by atoms with E-state index in [4.69, 9.17) is 9.90 Å². The number of carbonyl (C=O) groups is 1. The van der Waals surface area contributed by atoms with Crippen molar-refractivity contribution in [2.75, 3.05) is 0 Å². The summed E-state index contributed by atoms with van der Waals surface area (Å²) in [7, 11) is 0. The Bertz CT molecular complexity index is 30.6. The van der Waals surface area contributed by atoms with Gasteiger partial charge in [0.05, 0.1) is 0 Å². The molecule has 0 N–H and O–H groups in total. The number of carboxylic acids is 1. The Hall–Kier alpha value is -0.0105. The second-order valence-corrected chi connectivity index (χ2v) is 0.492. The van der Waals surface area contributed by atoms with Crippen molar-refractivity contribution in [1.29, 1.82) is 0 Å².